The summed E-state index contributed by atoms with van der Waals surface area (Å²) in [6, 6.07) is 59.2. The Bertz CT molecular complexity index is 3120. The van der Waals surface area contributed by atoms with Gasteiger partial charge in [0.1, 0.15) is 17.0 Å². The standard InChI is InChI=1S/C50H34N4O/c1-50(2)40-22-8-6-19-39(40)46-44(50)45(34-15-12-14-33(30-34)36-20-13-21-38-37-18-7-11-25-43(37)55-47(36)38)52-48(53-46)31-26-28-32(29-27-31)49-51-41-23-9-10-24-42(41)54(49)35-16-4-3-5-17-35/h3-30H,1-2H3. The van der Waals surface area contributed by atoms with Crippen LogP contribution in [-0.2, 0) is 5.41 Å². The van der Waals surface area contributed by atoms with Crippen LogP contribution in [0.15, 0.2) is 174 Å². The van der Waals surface area contributed by atoms with Crippen LogP contribution in [0.4, 0.5) is 0 Å². The summed E-state index contributed by atoms with van der Waals surface area (Å²) in [5, 5.41) is 2.24. The van der Waals surface area contributed by atoms with E-state index in [1.807, 2.05) is 24.3 Å². The van der Waals surface area contributed by atoms with E-state index in [1.54, 1.807) is 0 Å². The molecule has 1 aliphatic carbocycles. The van der Waals surface area contributed by atoms with Gasteiger partial charge in [0.25, 0.3) is 0 Å². The molecule has 5 heteroatoms. The summed E-state index contributed by atoms with van der Waals surface area (Å²) in [5.74, 6) is 1.58. The molecular formula is C50H34N4O. The fourth-order valence-corrected chi connectivity index (χ4v) is 8.59. The van der Waals surface area contributed by atoms with Crippen LogP contribution in [0.2, 0.25) is 0 Å². The maximum Gasteiger partial charge on any atom is 0.160 e. The lowest BCUT2D eigenvalue weighted by Gasteiger charge is -2.24. The maximum absolute atomic E-state index is 6.47. The highest BCUT2D eigenvalue weighted by molar-refractivity contribution is 6.09. The van der Waals surface area contributed by atoms with Crippen LogP contribution in [-0.4, -0.2) is 19.5 Å². The van der Waals surface area contributed by atoms with Gasteiger partial charge in [0.15, 0.2) is 5.82 Å². The molecular weight excluding hydrogens is 673 g/mol. The van der Waals surface area contributed by atoms with Crippen molar-refractivity contribution in [2.24, 2.45) is 0 Å². The van der Waals surface area contributed by atoms with Gasteiger partial charge < -0.3 is 4.42 Å². The Balaban J connectivity index is 1.07. The number of benzene rings is 7. The first-order chi connectivity index (χ1) is 27.0. The van der Waals surface area contributed by atoms with E-state index in [-0.39, 0.29) is 5.41 Å². The third-order valence-electron chi connectivity index (χ3n) is 11.2. The molecule has 0 unspecified atom stereocenters. The van der Waals surface area contributed by atoms with Crippen LogP contribution in [0.25, 0.3) is 95.1 Å². The van der Waals surface area contributed by atoms with E-state index in [4.69, 9.17) is 19.4 Å². The minimum Gasteiger partial charge on any atom is -0.455 e. The van der Waals surface area contributed by atoms with Gasteiger partial charge in [-0.2, -0.15) is 0 Å². The molecule has 0 N–H and O–H groups in total. The summed E-state index contributed by atoms with van der Waals surface area (Å²) in [6.45, 7) is 4.58. The molecule has 0 atom stereocenters. The monoisotopic (exact) mass is 706 g/mol. The average Bonchev–Trinajstić information content (AvgIpc) is 3.89. The van der Waals surface area contributed by atoms with E-state index in [1.165, 1.54) is 5.56 Å². The molecule has 0 saturated carbocycles. The van der Waals surface area contributed by atoms with Gasteiger partial charge in [-0.1, -0.05) is 147 Å². The number of hydrogen-bond acceptors (Lipinski definition) is 4. The Kier molecular flexibility index (Phi) is 6.83. The van der Waals surface area contributed by atoms with E-state index >= 15 is 0 Å². The van der Waals surface area contributed by atoms with E-state index in [0.717, 1.165) is 94.8 Å². The third-order valence-corrected chi connectivity index (χ3v) is 11.2. The molecule has 7 aromatic carbocycles. The Morgan fingerprint density at radius 1 is 0.509 bits per heavy atom. The molecule has 0 amide bonds. The molecule has 0 fully saturated rings. The number of nitrogens with zero attached hydrogens (tertiary/aromatic N) is 4. The van der Waals surface area contributed by atoms with Crippen molar-refractivity contribution in [1.29, 1.82) is 0 Å². The molecule has 3 heterocycles. The molecule has 260 valence electrons. The quantitative estimate of drug-likeness (QED) is 0.179. The van der Waals surface area contributed by atoms with Gasteiger partial charge in [-0.15, -0.1) is 0 Å². The van der Waals surface area contributed by atoms with Gasteiger partial charge in [0, 0.05) is 55.3 Å². The fourth-order valence-electron chi connectivity index (χ4n) is 8.59. The molecule has 1 aliphatic rings. The summed E-state index contributed by atoms with van der Waals surface area (Å²) < 4.78 is 8.70. The van der Waals surface area contributed by atoms with Crippen molar-refractivity contribution in [1.82, 2.24) is 19.5 Å². The lowest BCUT2D eigenvalue weighted by atomic mass is 9.80. The lowest BCUT2D eigenvalue weighted by Crippen LogP contribution is -2.17. The van der Waals surface area contributed by atoms with Crippen LogP contribution < -0.4 is 0 Å². The summed E-state index contributed by atoms with van der Waals surface area (Å²) >= 11 is 0. The van der Waals surface area contributed by atoms with Gasteiger partial charge in [0.2, 0.25) is 0 Å². The summed E-state index contributed by atoms with van der Waals surface area (Å²) in [5.41, 5.74) is 15.2. The van der Waals surface area contributed by atoms with E-state index in [9.17, 15) is 0 Å². The smallest absolute Gasteiger partial charge is 0.160 e. The van der Waals surface area contributed by atoms with Crippen molar-refractivity contribution in [3.63, 3.8) is 0 Å². The van der Waals surface area contributed by atoms with Crippen LogP contribution in [0.5, 0.6) is 0 Å². The van der Waals surface area contributed by atoms with Crippen molar-refractivity contribution < 1.29 is 4.42 Å². The first-order valence-electron chi connectivity index (χ1n) is 18.7. The first-order valence-corrected chi connectivity index (χ1v) is 18.7. The minimum atomic E-state index is -0.297. The summed E-state index contributed by atoms with van der Waals surface area (Å²) in [6.07, 6.45) is 0. The average molecular weight is 707 g/mol. The number of furan rings is 1. The van der Waals surface area contributed by atoms with Gasteiger partial charge in [0.05, 0.1) is 22.4 Å². The second-order valence-corrected chi connectivity index (χ2v) is 14.8. The zero-order chi connectivity index (χ0) is 36.7. The Morgan fingerprint density at radius 3 is 2.07 bits per heavy atom. The number of hydrogen-bond donors (Lipinski definition) is 0. The molecule has 3 aromatic heterocycles. The van der Waals surface area contributed by atoms with Gasteiger partial charge >= 0.3 is 0 Å². The summed E-state index contributed by atoms with van der Waals surface area (Å²) in [4.78, 5) is 15.9. The molecule has 0 radical (unpaired) electrons. The van der Waals surface area contributed by atoms with Gasteiger partial charge in [-0.25, -0.2) is 15.0 Å². The number of imidazole rings is 1. The Hall–Kier alpha value is -7.11. The molecule has 55 heavy (non-hydrogen) atoms. The molecule has 0 bridgehead atoms. The van der Waals surface area contributed by atoms with Crippen molar-refractivity contribution in [3.8, 4) is 62.1 Å². The van der Waals surface area contributed by atoms with E-state index < -0.39 is 0 Å². The molecule has 0 saturated heterocycles. The highest BCUT2D eigenvalue weighted by Crippen LogP contribution is 2.51. The largest absolute Gasteiger partial charge is 0.455 e. The molecule has 0 aliphatic heterocycles. The second-order valence-electron chi connectivity index (χ2n) is 14.8. The van der Waals surface area contributed by atoms with Gasteiger partial charge in [-0.05, 0) is 47.5 Å². The van der Waals surface area contributed by atoms with E-state index in [0.29, 0.717) is 5.82 Å². The second kappa shape index (κ2) is 12.0. The fraction of sp³-hybridized carbons (Fsp3) is 0.0600. The highest BCUT2D eigenvalue weighted by atomic mass is 16.3. The van der Waals surface area contributed by atoms with Crippen LogP contribution >= 0.6 is 0 Å². The lowest BCUT2D eigenvalue weighted by molar-refractivity contribution is 0.658. The molecule has 0 spiro atoms. The number of aromatic nitrogens is 4. The number of para-hydroxylation sites is 5. The van der Waals surface area contributed by atoms with Crippen molar-refractivity contribution in [2.45, 2.75) is 19.3 Å². The molecule has 10 aromatic rings. The Labute approximate surface area is 318 Å². The minimum absolute atomic E-state index is 0.297. The Morgan fingerprint density at radius 2 is 1.18 bits per heavy atom. The van der Waals surface area contributed by atoms with Crippen molar-refractivity contribution >= 4 is 33.0 Å². The normalized spacial score (nSPS) is 13.1. The predicted octanol–water partition coefficient (Wildman–Crippen LogP) is 12.7. The zero-order valence-electron chi connectivity index (χ0n) is 30.4. The zero-order valence-corrected chi connectivity index (χ0v) is 30.4. The van der Waals surface area contributed by atoms with Crippen LogP contribution in [0.1, 0.15) is 25.0 Å². The van der Waals surface area contributed by atoms with Crippen molar-refractivity contribution in [2.75, 3.05) is 0 Å². The molecule has 11 rings (SSSR count). The highest BCUT2D eigenvalue weighted by Gasteiger charge is 2.40. The SMILES string of the molecule is CC1(C)c2ccccc2-c2nc(-c3ccc(-c4nc5ccccc5n4-c4ccccc4)cc3)nc(-c3cccc(-c4cccc5c4oc4ccccc45)c3)c21. The van der Waals surface area contributed by atoms with Crippen LogP contribution in [0, 0.1) is 0 Å². The molecule has 5 nitrogen and oxygen atoms in total. The van der Waals surface area contributed by atoms with Crippen LogP contribution in [0.3, 0.4) is 0 Å². The number of fused-ring (bicyclic) bond motifs is 7. The maximum atomic E-state index is 6.47. The third kappa shape index (κ3) is 4.83. The van der Waals surface area contributed by atoms with Crippen molar-refractivity contribution in [3.05, 3.63) is 181 Å². The predicted molar refractivity (Wildman–Crippen MR) is 223 cm³/mol. The summed E-state index contributed by atoms with van der Waals surface area (Å²) in [7, 11) is 0. The van der Waals surface area contributed by atoms with Gasteiger partial charge in [-0.3, -0.25) is 4.57 Å². The topological polar surface area (TPSA) is 56.7 Å². The van der Waals surface area contributed by atoms with E-state index in [2.05, 4.69) is 164 Å². The number of rotatable bonds is 5. The first kappa shape index (κ1) is 31.4.